The van der Waals surface area contributed by atoms with Crippen molar-refractivity contribution in [1.29, 1.82) is 0 Å². The summed E-state index contributed by atoms with van der Waals surface area (Å²) in [7, 11) is 1.98. The van der Waals surface area contributed by atoms with E-state index < -0.39 is 0 Å². The second-order valence-corrected chi connectivity index (χ2v) is 6.45. The molecule has 0 bridgehead atoms. The number of halogens is 2. The number of rotatable bonds is 5. The van der Waals surface area contributed by atoms with Crippen LogP contribution in [0.25, 0.3) is 0 Å². The van der Waals surface area contributed by atoms with E-state index in [0.717, 1.165) is 22.3 Å². The Balaban J connectivity index is 2.14. The Morgan fingerprint density at radius 2 is 1.83 bits per heavy atom. The van der Waals surface area contributed by atoms with Crippen LogP contribution in [0.4, 0.5) is 0 Å². The Kier molecular flexibility index (Phi) is 5.07. The predicted molar refractivity (Wildman–Crippen MR) is 81.2 cm³/mol. The summed E-state index contributed by atoms with van der Waals surface area (Å²) in [6.45, 7) is 0.942. The van der Waals surface area contributed by atoms with Gasteiger partial charge in [0.2, 0.25) is 0 Å². The molecule has 0 aliphatic rings. The van der Waals surface area contributed by atoms with E-state index in [9.17, 15) is 0 Å². The summed E-state index contributed by atoms with van der Waals surface area (Å²) < 4.78 is 0.851. The fourth-order valence-corrected chi connectivity index (χ4v) is 3.29. The third kappa shape index (κ3) is 3.72. The first-order chi connectivity index (χ1) is 8.69. The molecular formula is C14H15Cl2NS. The minimum atomic E-state index is 0.446. The molecule has 1 heterocycles. The van der Waals surface area contributed by atoms with Crippen LogP contribution in [0.5, 0.6) is 0 Å². The van der Waals surface area contributed by atoms with Crippen molar-refractivity contribution in [2.75, 3.05) is 13.6 Å². The monoisotopic (exact) mass is 299 g/mol. The highest BCUT2D eigenvalue weighted by Gasteiger charge is 2.13. The van der Waals surface area contributed by atoms with E-state index in [4.69, 9.17) is 23.2 Å². The number of likely N-dealkylation sites (N-methyl/N-ethyl adjacent to an activating group) is 1. The van der Waals surface area contributed by atoms with Crippen LogP contribution in [0.3, 0.4) is 0 Å². The van der Waals surface area contributed by atoms with E-state index in [1.807, 2.05) is 25.2 Å². The van der Waals surface area contributed by atoms with Crippen LogP contribution >= 0.6 is 34.5 Å². The van der Waals surface area contributed by atoms with Crippen LogP contribution in [0.1, 0.15) is 16.4 Å². The molecule has 1 aromatic heterocycles. The molecule has 4 heteroatoms. The number of nitrogens with one attached hydrogen (secondary N) is 1. The smallest absolute Gasteiger partial charge is 0.0931 e. The van der Waals surface area contributed by atoms with Crippen molar-refractivity contribution in [3.8, 4) is 0 Å². The van der Waals surface area contributed by atoms with Gasteiger partial charge in [0.05, 0.1) is 4.34 Å². The van der Waals surface area contributed by atoms with Crippen LogP contribution in [0.15, 0.2) is 36.4 Å². The first-order valence-corrected chi connectivity index (χ1v) is 7.40. The van der Waals surface area contributed by atoms with Crippen LogP contribution in [0.2, 0.25) is 9.36 Å². The van der Waals surface area contributed by atoms with Gasteiger partial charge in [0, 0.05) is 22.4 Å². The van der Waals surface area contributed by atoms with Gasteiger partial charge in [-0.3, -0.25) is 0 Å². The topological polar surface area (TPSA) is 12.0 Å². The molecule has 2 rings (SSSR count). The molecule has 0 saturated carbocycles. The number of benzene rings is 1. The van der Waals surface area contributed by atoms with Crippen molar-refractivity contribution >= 4 is 34.5 Å². The van der Waals surface area contributed by atoms with Gasteiger partial charge in [-0.1, -0.05) is 35.3 Å². The molecule has 0 radical (unpaired) electrons. The zero-order valence-corrected chi connectivity index (χ0v) is 12.4. The predicted octanol–water partition coefficient (Wildman–Crippen LogP) is 4.60. The van der Waals surface area contributed by atoms with Gasteiger partial charge >= 0.3 is 0 Å². The zero-order valence-electron chi connectivity index (χ0n) is 10.1. The fourth-order valence-electron chi connectivity index (χ4n) is 1.99. The molecule has 0 amide bonds. The van der Waals surface area contributed by atoms with Gasteiger partial charge in [-0.25, -0.2) is 0 Å². The minimum absolute atomic E-state index is 0.446. The highest BCUT2D eigenvalue weighted by atomic mass is 35.5. The van der Waals surface area contributed by atoms with Gasteiger partial charge in [0.15, 0.2) is 0 Å². The molecule has 0 aliphatic carbocycles. The Hall–Kier alpha value is -0.540. The van der Waals surface area contributed by atoms with E-state index in [1.54, 1.807) is 11.3 Å². The summed E-state index contributed by atoms with van der Waals surface area (Å²) in [6, 6.07) is 12.1. The maximum atomic E-state index is 5.97. The molecule has 1 N–H and O–H groups in total. The number of hydrogen-bond acceptors (Lipinski definition) is 2. The van der Waals surface area contributed by atoms with E-state index in [2.05, 4.69) is 23.5 Å². The average Bonchev–Trinajstić information content (AvgIpc) is 2.75. The summed E-state index contributed by atoms with van der Waals surface area (Å²) in [6.07, 6.45) is 1.000. The Bertz CT molecular complexity index is 493. The molecule has 0 fully saturated rings. The normalized spacial score (nSPS) is 12.6. The number of hydrogen-bond donors (Lipinski definition) is 1. The van der Waals surface area contributed by atoms with Crippen molar-refractivity contribution in [3.05, 3.63) is 56.2 Å². The second-order valence-electron chi connectivity index (χ2n) is 4.22. The van der Waals surface area contributed by atoms with Gasteiger partial charge in [0.25, 0.3) is 0 Å². The van der Waals surface area contributed by atoms with Crippen LogP contribution < -0.4 is 5.32 Å². The lowest BCUT2D eigenvalue weighted by molar-refractivity contribution is 0.630. The lowest BCUT2D eigenvalue weighted by Crippen LogP contribution is -2.18. The highest BCUT2D eigenvalue weighted by Crippen LogP contribution is 2.28. The molecule has 0 aliphatic heterocycles. The van der Waals surface area contributed by atoms with Gasteiger partial charge in [0.1, 0.15) is 0 Å². The Morgan fingerprint density at radius 3 is 2.39 bits per heavy atom. The highest BCUT2D eigenvalue weighted by molar-refractivity contribution is 7.16. The summed E-state index contributed by atoms with van der Waals surface area (Å²) >= 11 is 13.6. The molecule has 0 saturated heterocycles. The van der Waals surface area contributed by atoms with Gasteiger partial charge < -0.3 is 5.32 Å². The summed E-state index contributed by atoms with van der Waals surface area (Å²) in [4.78, 5) is 1.32. The molecule has 18 heavy (non-hydrogen) atoms. The van der Waals surface area contributed by atoms with E-state index in [0.29, 0.717) is 5.92 Å². The molecule has 2 aromatic rings. The van der Waals surface area contributed by atoms with Crippen molar-refractivity contribution in [2.24, 2.45) is 0 Å². The third-order valence-corrected chi connectivity index (χ3v) is 4.37. The molecule has 96 valence electrons. The van der Waals surface area contributed by atoms with Crippen molar-refractivity contribution < 1.29 is 0 Å². The average molecular weight is 300 g/mol. The van der Waals surface area contributed by atoms with Crippen LogP contribution in [-0.2, 0) is 6.42 Å². The van der Waals surface area contributed by atoms with E-state index in [1.165, 1.54) is 10.4 Å². The van der Waals surface area contributed by atoms with E-state index in [-0.39, 0.29) is 0 Å². The Morgan fingerprint density at radius 1 is 1.11 bits per heavy atom. The van der Waals surface area contributed by atoms with E-state index >= 15 is 0 Å². The number of thiophene rings is 1. The van der Waals surface area contributed by atoms with Crippen molar-refractivity contribution in [1.82, 2.24) is 5.32 Å². The summed E-state index contributed by atoms with van der Waals surface area (Å²) in [5.74, 6) is 0.446. The molecule has 0 spiro atoms. The molecular weight excluding hydrogens is 285 g/mol. The lowest BCUT2D eigenvalue weighted by atomic mass is 9.95. The zero-order chi connectivity index (χ0) is 13.0. The minimum Gasteiger partial charge on any atom is -0.319 e. The molecule has 1 atom stereocenters. The first kappa shape index (κ1) is 13.9. The molecule has 1 nitrogen and oxygen atoms in total. The van der Waals surface area contributed by atoms with Gasteiger partial charge in [-0.15, -0.1) is 11.3 Å². The van der Waals surface area contributed by atoms with Gasteiger partial charge in [-0.2, -0.15) is 0 Å². The fraction of sp³-hybridized carbons (Fsp3) is 0.286. The molecule has 1 aromatic carbocycles. The molecule has 1 unspecified atom stereocenters. The Labute approximate surface area is 122 Å². The van der Waals surface area contributed by atoms with Gasteiger partial charge in [-0.05, 0) is 43.3 Å². The summed E-state index contributed by atoms with van der Waals surface area (Å²) in [5, 5.41) is 4.03. The maximum absolute atomic E-state index is 5.97. The SMILES string of the molecule is CNCC(Cc1ccc(Cl)s1)c1ccc(Cl)cc1. The third-order valence-electron chi connectivity index (χ3n) is 2.87. The quantitative estimate of drug-likeness (QED) is 0.851. The van der Waals surface area contributed by atoms with Crippen LogP contribution in [0, 0.1) is 0 Å². The lowest BCUT2D eigenvalue weighted by Gasteiger charge is -2.16. The summed E-state index contributed by atoms with van der Waals surface area (Å²) in [5.41, 5.74) is 1.30. The maximum Gasteiger partial charge on any atom is 0.0931 e. The van der Waals surface area contributed by atoms with Crippen molar-refractivity contribution in [2.45, 2.75) is 12.3 Å². The van der Waals surface area contributed by atoms with Crippen molar-refractivity contribution in [3.63, 3.8) is 0 Å². The largest absolute Gasteiger partial charge is 0.319 e. The van der Waals surface area contributed by atoms with Crippen LogP contribution in [-0.4, -0.2) is 13.6 Å². The first-order valence-electron chi connectivity index (χ1n) is 5.83. The standard InChI is InChI=1S/C14H15Cl2NS/c1-17-9-11(8-13-6-7-14(16)18-13)10-2-4-12(15)5-3-10/h2-7,11,17H,8-9H2,1H3. The second kappa shape index (κ2) is 6.58.